The van der Waals surface area contributed by atoms with Crippen LogP contribution in [0.1, 0.15) is 13.8 Å². The van der Waals surface area contributed by atoms with Crippen molar-refractivity contribution in [1.82, 2.24) is 0 Å². The fourth-order valence-electron chi connectivity index (χ4n) is 2.31. The van der Waals surface area contributed by atoms with Gasteiger partial charge in [-0.1, -0.05) is 0 Å². The third-order valence-corrected chi connectivity index (χ3v) is 3.37. The molecule has 3 saturated heterocycles. The molecule has 0 radical (unpaired) electrons. The van der Waals surface area contributed by atoms with Crippen molar-refractivity contribution in [2.45, 2.75) is 55.9 Å². The Morgan fingerprint density at radius 1 is 1.07 bits per heavy atom. The maximum atomic E-state index is 9.42. The van der Waals surface area contributed by atoms with E-state index in [0.29, 0.717) is 0 Å². The van der Waals surface area contributed by atoms with E-state index in [9.17, 15) is 5.11 Å². The Balaban J connectivity index is 1.80. The number of aliphatic hydroxyl groups excluding tert-OH is 1. The first-order valence-corrected chi connectivity index (χ1v) is 5.40. The highest BCUT2D eigenvalue weighted by atomic mass is 35.5. The smallest absolute Gasteiger partial charge is 0.190 e. The molecular weight excluding hydrogens is 224 g/mol. The summed E-state index contributed by atoms with van der Waals surface area (Å²) in [5.74, 6) is -0.668. The molecule has 0 amide bonds. The Hall–Kier alpha value is 0.0900. The highest BCUT2D eigenvalue weighted by Gasteiger charge is 2.61. The van der Waals surface area contributed by atoms with E-state index in [-0.39, 0.29) is 18.3 Å². The standard InChI is InChI=1S/C9H13ClO5/c1-9(2)14-6-5-4(13-8(6)15-9)3(10)7(11)12-5/h3-8,11H,1-2H3/t3-,4-,5+,6-,7?,8-/m1/s1. The quantitative estimate of drug-likeness (QED) is 0.609. The van der Waals surface area contributed by atoms with Crippen molar-refractivity contribution in [3.8, 4) is 0 Å². The van der Waals surface area contributed by atoms with Crippen LogP contribution in [0, 0.1) is 0 Å². The summed E-state index contributed by atoms with van der Waals surface area (Å²) < 4.78 is 22.0. The number of hydrogen-bond donors (Lipinski definition) is 1. The van der Waals surface area contributed by atoms with Gasteiger partial charge in [-0.25, -0.2) is 0 Å². The Labute approximate surface area is 92.2 Å². The van der Waals surface area contributed by atoms with Crippen LogP contribution in [0.2, 0.25) is 0 Å². The zero-order valence-corrected chi connectivity index (χ0v) is 9.18. The zero-order chi connectivity index (χ0) is 10.8. The molecule has 3 fully saturated rings. The molecule has 1 N–H and O–H groups in total. The molecule has 0 aromatic rings. The van der Waals surface area contributed by atoms with E-state index in [1.165, 1.54) is 0 Å². The van der Waals surface area contributed by atoms with Crippen molar-refractivity contribution < 1.29 is 24.1 Å². The molecule has 0 saturated carbocycles. The van der Waals surface area contributed by atoms with Gasteiger partial charge in [0.15, 0.2) is 18.4 Å². The molecule has 6 heteroatoms. The molecule has 5 nitrogen and oxygen atoms in total. The van der Waals surface area contributed by atoms with E-state index in [0.717, 1.165) is 0 Å². The highest BCUT2D eigenvalue weighted by Crippen LogP contribution is 2.44. The van der Waals surface area contributed by atoms with Crippen LogP contribution in [0.5, 0.6) is 0 Å². The van der Waals surface area contributed by atoms with E-state index < -0.39 is 23.7 Å². The van der Waals surface area contributed by atoms with Crippen LogP contribution in [0.25, 0.3) is 0 Å². The molecule has 1 unspecified atom stereocenters. The fourth-order valence-corrected chi connectivity index (χ4v) is 2.58. The second kappa shape index (κ2) is 3.06. The molecule has 0 aromatic carbocycles. The summed E-state index contributed by atoms with van der Waals surface area (Å²) in [6, 6.07) is 0. The van der Waals surface area contributed by atoms with Crippen LogP contribution < -0.4 is 0 Å². The van der Waals surface area contributed by atoms with Gasteiger partial charge in [-0.05, 0) is 13.8 Å². The number of hydrogen-bond acceptors (Lipinski definition) is 5. The van der Waals surface area contributed by atoms with Gasteiger partial charge in [0.1, 0.15) is 23.7 Å². The molecule has 0 aromatic heterocycles. The Kier molecular flexibility index (Phi) is 2.09. The van der Waals surface area contributed by atoms with Crippen molar-refractivity contribution in [2.24, 2.45) is 0 Å². The van der Waals surface area contributed by atoms with Crippen LogP contribution in [0.4, 0.5) is 0 Å². The second-order valence-electron chi connectivity index (χ2n) is 4.50. The van der Waals surface area contributed by atoms with Gasteiger partial charge in [0.05, 0.1) is 0 Å². The normalized spacial score (nSPS) is 56.8. The van der Waals surface area contributed by atoms with Crippen molar-refractivity contribution >= 4 is 11.6 Å². The lowest BCUT2D eigenvalue weighted by atomic mass is 10.1. The summed E-state index contributed by atoms with van der Waals surface area (Å²) in [5.41, 5.74) is 0. The highest BCUT2D eigenvalue weighted by molar-refractivity contribution is 6.21. The summed E-state index contributed by atoms with van der Waals surface area (Å²) in [7, 11) is 0. The molecule has 3 aliphatic rings. The zero-order valence-electron chi connectivity index (χ0n) is 8.42. The van der Waals surface area contributed by atoms with Gasteiger partial charge < -0.3 is 24.1 Å². The van der Waals surface area contributed by atoms with Gasteiger partial charge in [-0.3, -0.25) is 0 Å². The molecule has 0 bridgehead atoms. The largest absolute Gasteiger partial charge is 0.367 e. The van der Waals surface area contributed by atoms with E-state index >= 15 is 0 Å². The number of aliphatic hydroxyl groups is 1. The monoisotopic (exact) mass is 236 g/mol. The minimum Gasteiger partial charge on any atom is -0.367 e. The average Bonchev–Trinajstić information content (AvgIpc) is 2.66. The molecular formula is C9H13ClO5. The van der Waals surface area contributed by atoms with Gasteiger partial charge in [0.2, 0.25) is 0 Å². The second-order valence-corrected chi connectivity index (χ2v) is 5.01. The lowest BCUT2D eigenvalue weighted by Crippen LogP contribution is -2.34. The third kappa shape index (κ3) is 1.42. The summed E-state index contributed by atoms with van der Waals surface area (Å²) >= 11 is 5.94. The van der Waals surface area contributed by atoms with Crippen molar-refractivity contribution in [2.75, 3.05) is 0 Å². The number of rotatable bonds is 0. The first-order valence-electron chi connectivity index (χ1n) is 4.97. The van der Waals surface area contributed by atoms with Crippen molar-refractivity contribution in [3.63, 3.8) is 0 Å². The fraction of sp³-hybridized carbons (Fsp3) is 1.00. The lowest BCUT2D eigenvalue weighted by Gasteiger charge is -2.21. The van der Waals surface area contributed by atoms with Crippen LogP contribution in [0.3, 0.4) is 0 Å². The molecule has 0 aliphatic carbocycles. The van der Waals surface area contributed by atoms with E-state index in [1.54, 1.807) is 0 Å². The van der Waals surface area contributed by atoms with Crippen LogP contribution in [0.15, 0.2) is 0 Å². The molecule has 86 valence electrons. The SMILES string of the molecule is CC1(C)O[C@H]2O[C@H]3[C@H](OC(O)[C@@H]3Cl)[C@H]2O1. The third-order valence-electron chi connectivity index (χ3n) is 2.91. The molecule has 3 heterocycles. The Morgan fingerprint density at radius 2 is 1.80 bits per heavy atom. The summed E-state index contributed by atoms with van der Waals surface area (Å²) in [5, 5.41) is 8.86. The van der Waals surface area contributed by atoms with Gasteiger partial charge >= 0.3 is 0 Å². The van der Waals surface area contributed by atoms with Gasteiger partial charge in [0.25, 0.3) is 0 Å². The maximum Gasteiger partial charge on any atom is 0.190 e. The maximum absolute atomic E-state index is 9.42. The molecule has 3 aliphatic heterocycles. The topological polar surface area (TPSA) is 57.2 Å². The van der Waals surface area contributed by atoms with Crippen LogP contribution >= 0.6 is 11.6 Å². The van der Waals surface area contributed by atoms with E-state index in [1.807, 2.05) is 13.8 Å². The minimum atomic E-state index is -0.991. The summed E-state index contributed by atoms with van der Waals surface area (Å²) in [4.78, 5) is 0. The summed E-state index contributed by atoms with van der Waals surface area (Å²) in [6.07, 6.45) is -2.43. The van der Waals surface area contributed by atoms with Gasteiger partial charge in [-0.15, -0.1) is 11.6 Å². The molecule has 3 rings (SSSR count). The van der Waals surface area contributed by atoms with Crippen LogP contribution in [-0.2, 0) is 18.9 Å². The number of halogens is 1. The average molecular weight is 237 g/mol. The van der Waals surface area contributed by atoms with Crippen molar-refractivity contribution in [3.05, 3.63) is 0 Å². The van der Waals surface area contributed by atoms with Crippen molar-refractivity contribution in [1.29, 1.82) is 0 Å². The number of ether oxygens (including phenoxy) is 4. The number of fused-ring (bicyclic) bond motifs is 3. The first-order chi connectivity index (χ1) is 6.98. The van der Waals surface area contributed by atoms with E-state index in [4.69, 9.17) is 30.5 Å². The number of alkyl halides is 1. The van der Waals surface area contributed by atoms with Crippen LogP contribution in [-0.4, -0.2) is 47.2 Å². The lowest BCUT2D eigenvalue weighted by molar-refractivity contribution is -0.210. The summed E-state index contributed by atoms with van der Waals surface area (Å²) in [6.45, 7) is 3.63. The first kappa shape index (κ1) is 10.3. The minimum absolute atomic E-state index is 0.302. The Morgan fingerprint density at radius 3 is 2.53 bits per heavy atom. The van der Waals surface area contributed by atoms with E-state index in [2.05, 4.69) is 0 Å². The predicted molar refractivity (Wildman–Crippen MR) is 49.2 cm³/mol. The predicted octanol–water partition coefficient (Wildman–Crippen LogP) is 0.187. The molecule has 6 atom stereocenters. The van der Waals surface area contributed by atoms with Gasteiger partial charge in [-0.2, -0.15) is 0 Å². The molecule has 15 heavy (non-hydrogen) atoms. The Bertz CT molecular complexity index is 284. The molecule has 0 spiro atoms. The van der Waals surface area contributed by atoms with Gasteiger partial charge in [0, 0.05) is 0 Å².